The molecule has 6 nitrogen and oxygen atoms in total. The number of benzene rings is 1. The number of anilines is 1. The zero-order chi connectivity index (χ0) is 15.1. The highest BCUT2D eigenvalue weighted by Crippen LogP contribution is 2.40. The Morgan fingerprint density at radius 2 is 2.10 bits per heavy atom. The number of nitrogens with zero attached hydrogens (tertiary/aromatic N) is 2. The third kappa shape index (κ3) is 2.60. The number of ether oxygens (including phenoxy) is 1. The Bertz CT molecular complexity index is 625. The molecule has 0 aromatic heterocycles. The van der Waals surface area contributed by atoms with Crippen molar-refractivity contribution in [3.05, 3.63) is 33.9 Å². The van der Waals surface area contributed by atoms with Crippen molar-refractivity contribution in [3.8, 4) is 5.75 Å². The molecule has 1 aromatic rings. The lowest BCUT2D eigenvalue weighted by molar-refractivity contribution is -0.384. The van der Waals surface area contributed by atoms with Crippen LogP contribution in [0, 0.1) is 10.1 Å². The molecule has 0 radical (unpaired) electrons. The van der Waals surface area contributed by atoms with E-state index in [1.165, 1.54) is 19.1 Å². The molecule has 1 aliphatic rings. The Balaban J connectivity index is 2.60. The first-order valence-corrected chi connectivity index (χ1v) is 6.22. The first-order valence-electron chi connectivity index (χ1n) is 5.88. The lowest BCUT2D eigenvalue weighted by Gasteiger charge is -2.28. The first kappa shape index (κ1) is 14.3. The van der Waals surface area contributed by atoms with Crippen LogP contribution in [-0.2, 0) is 4.79 Å². The van der Waals surface area contributed by atoms with Crippen LogP contribution in [0.3, 0.4) is 0 Å². The maximum Gasteiger partial charge on any atom is 0.298 e. The lowest BCUT2D eigenvalue weighted by Crippen LogP contribution is -2.27. The van der Waals surface area contributed by atoms with Gasteiger partial charge in [0, 0.05) is 24.3 Å². The first-order chi connectivity index (χ1) is 9.21. The van der Waals surface area contributed by atoms with Crippen molar-refractivity contribution >= 4 is 35.1 Å². The van der Waals surface area contributed by atoms with Crippen molar-refractivity contribution in [1.29, 1.82) is 0 Å². The minimum absolute atomic E-state index is 0.0240. The van der Waals surface area contributed by atoms with Crippen molar-refractivity contribution in [3.63, 3.8) is 0 Å². The van der Waals surface area contributed by atoms with E-state index in [0.717, 1.165) is 4.42 Å². The number of hydrogen-bond donors (Lipinski definition) is 0. The van der Waals surface area contributed by atoms with Gasteiger partial charge in [-0.2, -0.15) is 0 Å². The Morgan fingerprint density at radius 1 is 1.45 bits per heavy atom. The van der Waals surface area contributed by atoms with Gasteiger partial charge in [-0.05, 0) is 26.0 Å². The fourth-order valence-corrected chi connectivity index (χ4v) is 2.01. The van der Waals surface area contributed by atoms with E-state index in [9.17, 15) is 14.9 Å². The third-order valence-electron chi connectivity index (χ3n) is 2.83. The Labute approximate surface area is 120 Å². The molecule has 20 heavy (non-hydrogen) atoms. The minimum Gasteiger partial charge on any atom is -0.483 e. The third-order valence-corrected chi connectivity index (χ3v) is 3.25. The van der Waals surface area contributed by atoms with Crippen LogP contribution < -0.4 is 9.16 Å². The maximum absolute atomic E-state index is 11.3. The van der Waals surface area contributed by atoms with Crippen molar-refractivity contribution in [1.82, 2.24) is 0 Å². The summed E-state index contributed by atoms with van der Waals surface area (Å²) < 4.78 is 6.40. The SMILES string of the molecule is CC(=O)N(Cl)c1cc2c(cc1[N+](=O)[O-])OC(C)(C)C=C2. The largest absolute Gasteiger partial charge is 0.483 e. The average molecular weight is 297 g/mol. The van der Waals surface area contributed by atoms with Crippen molar-refractivity contribution < 1.29 is 14.5 Å². The normalized spacial score (nSPS) is 15.2. The molecule has 0 atom stereocenters. The molecule has 1 amide bonds. The van der Waals surface area contributed by atoms with Crippen molar-refractivity contribution in [2.24, 2.45) is 0 Å². The monoisotopic (exact) mass is 296 g/mol. The molecule has 0 N–H and O–H groups in total. The number of carbonyl (C=O) groups excluding carboxylic acids is 1. The highest BCUT2D eigenvalue weighted by Gasteiger charge is 2.28. The van der Waals surface area contributed by atoms with E-state index in [1.54, 1.807) is 6.08 Å². The van der Waals surface area contributed by atoms with Crippen LogP contribution in [-0.4, -0.2) is 16.4 Å². The molecule has 0 spiro atoms. The van der Waals surface area contributed by atoms with E-state index in [1.807, 2.05) is 19.9 Å². The quantitative estimate of drug-likeness (QED) is 0.477. The minimum atomic E-state index is -0.595. The van der Waals surface area contributed by atoms with Gasteiger partial charge in [0.2, 0.25) is 5.91 Å². The van der Waals surface area contributed by atoms with Crippen molar-refractivity contribution in [2.45, 2.75) is 26.4 Å². The van der Waals surface area contributed by atoms with Gasteiger partial charge in [0.1, 0.15) is 17.0 Å². The van der Waals surface area contributed by atoms with Gasteiger partial charge >= 0.3 is 0 Å². The second kappa shape index (κ2) is 4.79. The number of rotatable bonds is 2. The standard InChI is InChI=1S/C13H13ClN2O4/c1-8(17)15(14)10-6-9-4-5-13(2,3)20-12(9)7-11(10)16(18)19/h4-7H,1-3H3. The van der Waals surface area contributed by atoms with Crippen molar-refractivity contribution in [2.75, 3.05) is 4.42 Å². The molecule has 1 aliphatic heterocycles. The number of nitro benzene ring substituents is 1. The van der Waals surface area contributed by atoms with Crippen LogP contribution in [0.15, 0.2) is 18.2 Å². The lowest BCUT2D eigenvalue weighted by atomic mass is 10.0. The van der Waals surface area contributed by atoms with Gasteiger partial charge < -0.3 is 4.74 Å². The fraction of sp³-hybridized carbons (Fsp3) is 0.308. The van der Waals surface area contributed by atoms with E-state index in [-0.39, 0.29) is 11.4 Å². The predicted octanol–water partition coefficient (Wildman–Crippen LogP) is 3.29. The fourth-order valence-electron chi connectivity index (χ4n) is 1.87. The molecule has 1 heterocycles. The van der Waals surface area contributed by atoms with E-state index in [0.29, 0.717) is 11.3 Å². The van der Waals surface area contributed by atoms with Crippen LogP contribution in [0.1, 0.15) is 26.3 Å². The van der Waals surface area contributed by atoms with E-state index < -0.39 is 16.4 Å². The van der Waals surface area contributed by atoms with Gasteiger partial charge in [0.25, 0.3) is 5.69 Å². The summed E-state index contributed by atoms with van der Waals surface area (Å²) in [6, 6.07) is 2.75. The Morgan fingerprint density at radius 3 is 2.65 bits per heavy atom. The molecule has 0 bridgehead atoms. The smallest absolute Gasteiger partial charge is 0.298 e. The molecule has 2 rings (SSSR count). The molecule has 0 unspecified atom stereocenters. The van der Waals surface area contributed by atoms with Gasteiger partial charge in [-0.15, -0.1) is 0 Å². The molecule has 0 fully saturated rings. The maximum atomic E-state index is 11.3. The zero-order valence-corrected chi connectivity index (χ0v) is 12.0. The summed E-state index contributed by atoms with van der Waals surface area (Å²) >= 11 is 5.80. The van der Waals surface area contributed by atoms with Gasteiger partial charge in [-0.25, -0.2) is 4.42 Å². The summed E-state index contributed by atoms with van der Waals surface area (Å²) in [6.45, 7) is 4.91. The van der Waals surface area contributed by atoms with E-state index >= 15 is 0 Å². The molecule has 1 aromatic carbocycles. The zero-order valence-electron chi connectivity index (χ0n) is 11.2. The number of amides is 1. The second-order valence-electron chi connectivity index (χ2n) is 4.97. The number of halogens is 1. The van der Waals surface area contributed by atoms with Gasteiger partial charge in [-0.1, -0.05) is 6.08 Å². The summed E-state index contributed by atoms with van der Waals surface area (Å²) in [5.74, 6) is -0.114. The Hall–Kier alpha value is -2.08. The number of nitro groups is 1. The Kier molecular flexibility index (Phi) is 3.43. The van der Waals surface area contributed by atoms with Gasteiger partial charge in [0.05, 0.1) is 11.0 Å². The second-order valence-corrected chi connectivity index (χ2v) is 5.31. The number of carbonyl (C=O) groups is 1. The van der Waals surface area contributed by atoms with Gasteiger partial charge in [0.15, 0.2) is 0 Å². The van der Waals surface area contributed by atoms with Crippen LogP contribution >= 0.6 is 11.8 Å². The van der Waals surface area contributed by atoms with E-state index in [4.69, 9.17) is 16.5 Å². The van der Waals surface area contributed by atoms with Crippen LogP contribution in [0.25, 0.3) is 6.08 Å². The van der Waals surface area contributed by atoms with Crippen LogP contribution in [0.4, 0.5) is 11.4 Å². The highest BCUT2D eigenvalue weighted by molar-refractivity contribution is 6.36. The molecular weight excluding hydrogens is 284 g/mol. The van der Waals surface area contributed by atoms with Gasteiger partial charge in [-0.3, -0.25) is 14.9 Å². The molecular formula is C13H13ClN2O4. The molecule has 0 saturated heterocycles. The highest BCUT2D eigenvalue weighted by atomic mass is 35.5. The summed E-state index contributed by atoms with van der Waals surface area (Å²) in [4.78, 5) is 21.8. The molecule has 106 valence electrons. The van der Waals surface area contributed by atoms with E-state index in [2.05, 4.69) is 0 Å². The molecule has 0 saturated carbocycles. The number of fused-ring (bicyclic) bond motifs is 1. The number of hydrogen-bond acceptors (Lipinski definition) is 4. The predicted molar refractivity (Wildman–Crippen MR) is 75.9 cm³/mol. The summed E-state index contributed by atoms with van der Waals surface area (Å²) in [6.07, 6.45) is 3.62. The molecule has 0 aliphatic carbocycles. The average Bonchev–Trinajstić information content (AvgIpc) is 2.35. The summed E-state index contributed by atoms with van der Waals surface area (Å²) in [7, 11) is 0. The van der Waals surface area contributed by atoms with Crippen LogP contribution in [0.5, 0.6) is 5.75 Å². The summed E-state index contributed by atoms with van der Waals surface area (Å²) in [5.41, 5.74) is -0.156. The molecule has 7 heteroatoms. The van der Waals surface area contributed by atoms with Crippen LogP contribution in [0.2, 0.25) is 0 Å². The topological polar surface area (TPSA) is 72.7 Å². The summed E-state index contributed by atoms with van der Waals surface area (Å²) in [5, 5.41) is 11.1.